The molecule has 0 aliphatic heterocycles. The summed E-state index contributed by atoms with van der Waals surface area (Å²) in [7, 11) is 0. The Kier molecular flexibility index (Phi) is 5.90. The van der Waals surface area contributed by atoms with Crippen LogP contribution < -0.4 is 4.90 Å². The maximum atomic E-state index is 13.2. The van der Waals surface area contributed by atoms with E-state index < -0.39 is 0 Å². The Morgan fingerprint density at radius 3 is 2.56 bits per heavy atom. The minimum absolute atomic E-state index is 0.0246. The van der Waals surface area contributed by atoms with Crippen molar-refractivity contribution in [1.29, 1.82) is 0 Å². The van der Waals surface area contributed by atoms with Gasteiger partial charge in [-0.15, -0.1) is 11.3 Å². The van der Waals surface area contributed by atoms with Crippen molar-refractivity contribution in [3.63, 3.8) is 0 Å². The lowest BCUT2D eigenvalue weighted by Gasteiger charge is -2.29. The molecule has 5 heteroatoms. The van der Waals surface area contributed by atoms with Crippen molar-refractivity contribution >= 4 is 29.2 Å². The van der Waals surface area contributed by atoms with E-state index in [1.165, 1.54) is 23.5 Å². The number of anilines is 1. The summed E-state index contributed by atoms with van der Waals surface area (Å²) in [6.07, 6.45) is 5.54. The predicted molar refractivity (Wildman–Crippen MR) is 109 cm³/mol. The average Bonchev–Trinajstić information content (AvgIpc) is 3.06. The highest BCUT2D eigenvalue weighted by atomic mass is 32.1. The monoisotopic (exact) mass is 385 g/mol. The minimum atomic E-state index is -0.302. The van der Waals surface area contributed by atoms with Crippen LogP contribution in [0.15, 0.2) is 42.0 Å². The first-order valence-electron chi connectivity index (χ1n) is 9.28. The van der Waals surface area contributed by atoms with Gasteiger partial charge in [-0.2, -0.15) is 0 Å². The van der Waals surface area contributed by atoms with Gasteiger partial charge in [0.15, 0.2) is 6.29 Å². The molecule has 1 amide bonds. The first-order chi connectivity index (χ1) is 12.9. The molecule has 1 atom stereocenters. The number of carbonyl (C=O) groups is 2. The number of rotatable bonds is 5. The third-order valence-electron chi connectivity index (χ3n) is 4.92. The van der Waals surface area contributed by atoms with Crippen molar-refractivity contribution in [2.45, 2.75) is 46.1 Å². The van der Waals surface area contributed by atoms with Crippen molar-refractivity contribution in [2.24, 2.45) is 5.92 Å². The van der Waals surface area contributed by atoms with Crippen molar-refractivity contribution < 1.29 is 14.0 Å². The van der Waals surface area contributed by atoms with E-state index in [1.807, 2.05) is 26.0 Å². The second-order valence-corrected chi connectivity index (χ2v) is 8.45. The van der Waals surface area contributed by atoms with Gasteiger partial charge >= 0.3 is 0 Å². The molecule has 3 nitrogen and oxygen atoms in total. The fourth-order valence-electron chi connectivity index (χ4n) is 3.36. The smallest absolute Gasteiger partial charge is 0.254 e. The molecular formula is C22H24FNO2S. The minimum Gasteiger partial charge on any atom is -0.305 e. The van der Waals surface area contributed by atoms with Gasteiger partial charge in [-0.05, 0) is 62.8 Å². The van der Waals surface area contributed by atoms with E-state index >= 15 is 0 Å². The molecule has 2 aromatic rings. The van der Waals surface area contributed by atoms with E-state index in [1.54, 1.807) is 17.0 Å². The fraction of sp³-hybridized carbons (Fsp3) is 0.364. The standard InChI is InChI=1S/C22H24FNO2S/c1-14(2)24(22(26)17-6-4-15(3)5-7-17)19-12-20(27-21(19)13-25)16-8-10-18(23)11-9-16/h6,8-15H,4-5,7H2,1-3H3. The van der Waals surface area contributed by atoms with Gasteiger partial charge in [-0.3, -0.25) is 9.59 Å². The topological polar surface area (TPSA) is 37.4 Å². The summed E-state index contributed by atoms with van der Waals surface area (Å²) in [5.74, 6) is 0.276. The zero-order valence-corrected chi connectivity index (χ0v) is 16.7. The van der Waals surface area contributed by atoms with Crippen LogP contribution in [0.2, 0.25) is 0 Å². The molecule has 1 aliphatic carbocycles. The molecule has 1 heterocycles. The van der Waals surface area contributed by atoms with Gasteiger partial charge in [0.05, 0.1) is 10.6 Å². The first kappa shape index (κ1) is 19.5. The number of benzene rings is 1. The quantitative estimate of drug-likeness (QED) is 0.605. The number of halogens is 1. The van der Waals surface area contributed by atoms with Gasteiger partial charge in [-0.1, -0.05) is 25.1 Å². The maximum absolute atomic E-state index is 13.2. The van der Waals surface area contributed by atoms with Gasteiger partial charge in [0.2, 0.25) is 0 Å². The molecule has 0 bridgehead atoms. The summed E-state index contributed by atoms with van der Waals surface area (Å²) in [6.45, 7) is 6.10. The second-order valence-electron chi connectivity index (χ2n) is 7.36. The molecule has 0 N–H and O–H groups in total. The van der Waals surface area contributed by atoms with Crippen molar-refractivity contribution in [3.05, 3.63) is 52.7 Å². The predicted octanol–water partition coefficient (Wildman–Crippen LogP) is 5.85. The van der Waals surface area contributed by atoms with E-state index in [9.17, 15) is 14.0 Å². The van der Waals surface area contributed by atoms with Crippen LogP contribution in [0, 0.1) is 11.7 Å². The molecule has 0 spiro atoms. The molecule has 3 rings (SSSR count). The van der Waals surface area contributed by atoms with Crippen molar-refractivity contribution in [1.82, 2.24) is 0 Å². The van der Waals surface area contributed by atoms with Gasteiger partial charge in [0.1, 0.15) is 5.82 Å². The van der Waals surface area contributed by atoms with Crippen molar-refractivity contribution in [3.8, 4) is 10.4 Å². The largest absolute Gasteiger partial charge is 0.305 e. The second kappa shape index (κ2) is 8.17. The van der Waals surface area contributed by atoms with Crippen LogP contribution in [0.3, 0.4) is 0 Å². The Balaban J connectivity index is 1.99. The number of aldehydes is 1. The fourth-order valence-corrected chi connectivity index (χ4v) is 4.33. The lowest BCUT2D eigenvalue weighted by atomic mass is 9.90. The molecule has 1 aromatic carbocycles. The number of hydrogen-bond donors (Lipinski definition) is 0. The normalized spacial score (nSPS) is 16.9. The summed E-state index contributed by atoms with van der Waals surface area (Å²) in [6, 6.07) is 7.96. The highest BCUT2D eigenvalue weighted by Crippen LogP contribution is 2.38. The molecule has 1 unspecified atom stereocenters. The van der Waals surface area contributed by atoms with Crippen LogP contribution in [-0.2, 0) is 4.79 Å². The highest BCUT2D eigenvalue weighted by molar-refractivity contribution is 7.17. The Morgan fingerprint density at radius 1 is 1.30 bits per heavy atom. The number of nitrogens with zero attached hydrogens (tertiary/aromatic N) is 1. The number of amides is 1. The van der Waals surface area contributed by atoms with E-state index in [2.05, 4.69) is 6.92 Å². The van der Waals surface area contributed by atoms with Gasteiger partial charge < -0.3 is 4.90 Å². The van der Waals surface area contributed by atoms with E-state index in [-0.39, 0.29) is 17.8 Å². The average molecular weight is 386 g/mol. The van der Waals surface area contributed by atoms with E-state index in [0.717, 1.165) is 41.6 Å². The summed E-state index contributed by atoms with van der Waals surface area (Å²) in [5.41, 5.74) is 2.29. The molecular weight excluding hydrogens is 361 g/mol. The maximum Gasteiger partial charge on any atom is 0.254 e. The Labute approximate surface area is 163 Å². The summed E-state index contributed by atoms with van der Waals surface area (Å²) >= 11 is 1.32. The summed E-state index contributed by atoms with van der Waals surface area (Å²) < 4.78 is 13.2. The van der Waals surface area contributed by atoms with Crippen LogP contribution in [0.25, 0.3) is 10.4 Å². The van der Waals surface area contributed by atoms with Crippen LogP contribution in [0.1, 0.15) is 49.7 Å². The third kappa shape index (κ3) is 4.19. The molecule has 0 radical (unpaired) electrons. The SMILES string of the molecule is CC1CC=C(C(=O)N(c2cc(-c3ccc(F)cc3)sc2C=O)C(C)C)CC1. The van der Waals surface area contributed by atoms with Gasteiger partial charge in [0.25, 0.3) is 5.91 Å². The van der Waals surface area contributed by atoms with E-state index in [0.29, 0.717) is 16.5 Å². The van der Waals surface area contributed by atoms with Gasteiger partial charge in [0, 0.05) is 16.5 Å². The molecule has 1 aliphatic rings. The zero-order chi connectivity index (χ0) is 19.6. The lowest BCUT2D eigenvalue weighted by molar-refractivity contribution is -0.115. The molecule has 0 fully saturated rings. The van der Waals surface area contributed by atoms with Crippen LogP contribution >= 0.6 is 11.3 Å². The number of hydrogen-bond acceptors (Lipinski definition) is 3. The Morgan fingerprint density at radius 2 is 2.00 bits per heavy atom. The third-order valence-corrected chi connectivity index (χ3v) is 6.02. The summed E-state index contributed by atoms with van der Waals surface area (Å²) in [5, 5.41) is 0. The lowest BCUT2D eigenvalue weighted by Crippen LogP contribution is -2.38. The molecule has 1 aromatic heterocycles. The number of carbonyl (C=O) groups excluding carboxylic acids is 2. The Bertz CT molecular complexity index is 867. The summed E-state index contributed by atoms with van der Waals surface area (Å²) in [4.78, 5) is 28.0. The zero-order valence-electron chi connectivity index (χ0n) is 15.9. The molecule has 142 valence electrons. The van der Waals surface area contributed by atoms with Crippen LogP contribution in [0.4, 0.5) is 10.1 Å². The molecule has 0 saturated carbocycles. The Hall–Kier alpha value is -2.27. The van der Waals surface area contributed by atoms with Gasteiger partial charge in [-0.25, -0.2) is 4.39 Å². The highest BCUT2D eigenvalue weighted by Gasteiger charge is 2.28. The van der Waals surface area contributed by atoms with Crippen LogP contribution in [0.5, 0.6) is 0 Å². The number of allylic oxidation sites excluding steroid dienone is 1. The van der Waals surface area contributed by atoms with E-state index in [4.69, 9.17) is 0 Å². The number of thiophene rings is 1. The van der Waals surface area contributed by atoms with Crippen LogP contribution in [-0.4, -0.2) is 18.2 Å². The molecule has 0 saturated heterocycles. The first-order valence-corrected chi connectivity index (χ1v) is 10.1. The molecule has 27 heavy (non-hydrogen) atoms. The van der Waals surface area contributed by atoms with Crippen molar-refractivity contribution in [2.75, 3.05) is 4.90 Å².